The summed E-state index contributed by atoms with van der Waals surface area (Å²) in [5, 5.41) is 5.05. The fourth-order valence-electron chi connectivity index (χ4n) is 6.12. The van der Waals surface area contributed by atoms with Crippen molar-refractivity contribution >= 4 is 32.4 Å². The summed E-state index contributed by atoms with van der Waals surface area (Å²) in [7, 11) is -2.75. The highest BCUT2D eigenvalue weighted by atomic mass is 32.2. The van der Waals surface area contributed by atoms with E-state index in [0.29, 0.717) is 34.1 Å². The average Bonchev–Trinajstić information content (AvgIpc) is 3.00. The molecule has 2 aromatic heterocycles. The molecule has 12 heteroatoms. The van der Waals surface area contributed by atoms with Gasteiger partial charge in [0, 0.05) is 30.9 Å². The van der Waals surface area contributed by atoms with Crippen molar-refractivity contribution in [3.8, 4) is 0 Å². The van der Waals surface area contributed by atoms with Crippen LogP contribution in [0.3, 0.4) is 0 Å². The third-order valence-corrected chi connectivity index (χ3v) is 10.7. The minimum atomic E-state index is -4.30. The predicted octanol–water partition coefficient (Wildman–Crippen LogP) is 4.96. The van der Waals surface area contributed by atoms with Crippen LogP contribution in [0.5, 0.6) is 0 Å². The normalized spacial score (nSPS) is 17.9. The Morgan fingerprint density at radius 1 is 1.02 bits per heavy atom. The highest BCUT2D eigenvalue weighted by Gasteiger charge is 2.45. The number of sulfonamides is 1. The smallest absolute Gasteiger partial charge is 0.274 e. The number of carbonyl (C=O) groups is 1. The molecule has 0 N–H and O–H groups in total. The maximum Gasteiger partial charge on any atom is 0.274 e. The van der Waals surface area contributed by atoms with Crippen LogP contribution >= 0.6 is 0 Å². The molecule has 2 fully saturated rings. The molecular formula is C32H33F2N5O4S. The Morgan fingerprint density at radius 3 is 2.45 bits per heavy atom. The Balaban J connectivity index is 1.34. The van der Waals surface area contributed by atoms with Crippen LogP contribution in [0.4, 0.5) is 14.5 Å². The molecule has 0 spiro atoms. The second kappa shape index (κ2) is 11.8. The van der Waals surface area contributed by atoms with Crippen molar-refractivity contribution < 1.29 is 22.0 Å². The predicted molar refractivity (Wildman–Crippen MR) is 162 cm³/mol. The molecule has 1 aliphatic carbocycles. The van der Waals surface area contributed by atoms with Crippen molar-refractivity contribution in [3.63, 3.8) is 0 Å². The van der Waals surface area contributed by atoms with E-state index in [1.165, 1.54) is 42.0 Å². The molecule has 3 heterocycles. The summed E-state index contributed by atoms with van der Waals surface area (Å²) < 4.78 is 57.3. The first-order valence-corrected chi connectivity index (χ1v) is 16.2. The van der Waals surface area contributed by atoms with E-state index in [2.05, 4.69) is 10.1 Å². The maximum absolute atomic E-state index is 14.2. The van der Waals surface area contributed by atoms with E-state index in [1.54, 1.807) is 25.2 Å². The Kier molecular flexibility index (Phi) is 8.06. The summed E-state index contributed by atoms with van der Waals surface area (Å²) in [6.07, 6.45) is 9.52. The van der Waals surface area contributed by atoms with Gasteiger partial charge >= 0.3 is 0 Å². The van der Waals surface area contributed by atoms with Crippen LogP contribution < -0.4 is 10.5 Å². The van der Waals surface area contributed by atoms with E-state index < -0.39 is 38.5 Å². The second-order valence-corrected chi connectivity index (χ2v) is 13.5. The number of fused-ring (bicyclic) bond motifs is 1. The Bertz CT molecular complexity index is 1880. The van der Waals surface area contributed by atoms with Crippen LogP contribution in [0, 0.1) is 18.6 Å². The van der Waals surface area contributed by atoms with E-state index >= 15 is 0 Å². The maximum atomic E-state index is 14.2. The molecule has 0 radical (unpaired) electrons. The number of amides is 1. The van der Waals surface area contributed by atoms with Crippen molar-refractivity contribution in [2.75, 3.05) is 11.4 Å². The number of rotatable bonds is 7. The summed E-state index contributed by atoms with van der Waals surface area (Å²) in [5.41, 5.74) is 1.79. The number of carbonyl (C=O) groups excluding carboxylic acids is 1. The number of aryl methyl sites for hydroxylation is 2. The van der Waals surface area contributed by atoms with Gasteiger partial charge in [0.15, 0.2) is 11.6 Å². The zero-order valence-electron chi connectivity index (χ0n) is 24.5. The first-order valence-electron chi connectivity index (χ1n) is 14.7. The van der Waals surface area contributed by atoms with Gasteiger partial charge in [-0.15, -0.1) is 0 Å². The fraction of sp³-hybridized carbons (Fsp3) is 0.375. The largest absolute Gasteiger partial charge is 0.305 e. The number of hydrogen-bond donors (Lipinski definition) is 0. The van der Waals surface area contributed by atoms with Crippen LogP contribution in [0.25, 0.3) is 10.8 Å². The number of aromatic nitrogens is 3. The first-order chi connectivity index (χ1) is 21.0. The second-order valence-electron chi connectivity index (χ2n) is 11.6. The third-order valence-electron chi connectivity index (χ3n) is 8.80. The molecule has 1 saturated carbocycles. The van der Waals surface area contributed by atoms with Gasteiger partial charge < -0.3 is 4.90 Å². The molecule has 44 heavy (non-hydrogen) atoms. The SMILES string of the molecule is Cc1cc(S(=O)(=O)N2CC[C@@H]2C(=O)N(Cc2ccc(C3CCCCC3)cn2)c2ccc3c(=O)n(C)ncc3c2)cc(F)c1F. The van der Waals surface area contributed by atoms with Gasteiger partial charge in [-0.25, -0.2) is 21.9 Å². The van der Waals surface area contributed by atoms with Crippen LogP contribution in [0.15, 0.2) is 64.5 Å². The van der Waals surface area contributed by atoms with Crippen LogP contribution in [-0.4, -0.2) is 46.0 Å². The number of halogens is 2. The Labute approximate surface area is 254 Å². The monoisotopic (exact) mass is 621 g/mol. The summed E-state index contributed by atoms with van der Waals surface area (Å²) in [6.45, 7) is 1.39. The van der Waals surface area contributed by atoms with Gasteiger partial charge in [-0.1, -0.05) is 25.3 Å². The van der Waals surface area contributed by atoms with Gasteiger partial charge in [-0.05, 0) is 79.6 Å². The van der Waals surface area contributed by atoms with Crippen molar-refractivity contribution in [1.29, 1.82) is 0 Å². The van der Waals surface area contributed by atoms with Crippen LogP contribution in [0.2, 0.25) is 0 Å². The molecule has 2 aromatic carbocycles. The zero-order valence-corrected chi connectivity index (χ0v) is 25.4. The lowest BCUT2D eigenvalue weighted by atomic mass is 9.85. The number of hydrogen-bond acceptors (Lipinski definition) is 6. The molecule has 1 atom stereocenters. The molecule has 6 rings (SSSR count). The first kappa shape index (κ1) is 30.0. The lowest BCUT2D eigenvalue weighted by molar-refractivity contribution is -0.125. The quantitative estimate of drug-likeness (QED) is 0.289. The highest BCUT2D eigenvalue weighted by molar-refractivity contribution is 7.89. The Hall–Kier alpha value is -4.03. The minimum absolute atomic E-state index is 0.0522. The molecule has 9 nitrogen and oxygen atoms in total. The minimum Gasteiger partial charge on any atom is -0.305 e. The standard InChI is InChI=1S/C32H33F2N5O4S/c1-20-14-26(16-28(33)30(20)34)44(42,43)39-13-12-29(39)32(41)38(25-10-11-27-23(15-25)18-36-37(2)31(27)40)19-24-9-8-22(17-35-24)21-6-4-3-5-7-21/h8-11,14-18,21,29H,3-7,12-13,19H2,1-2H3/t29-/m1/s1. The molecule has 0 bridgehead atoms. The van der Waals surface area contributed by atoms with Crippen LogP contribution in [0.1, 0.15) is 61.3 Å². The van der Waals surface area contributed by atoms with E-state index in [9.17, 15) is 26.8 Å². The molecule has 1 saturated heterocycles. The number of benzene rings is 2. The van der Waals surface area contributed by atoms with E-state index in [0.717, 1.165) is 28.8 Å². The molecule has 1 aliphatic heterocycles. The number of anilines is 1. The summed E-state index contributed by atoms with van der Waals surface area (Å²) in [5.74, 6) is -2.41. The number of pyridine rings is 1. The van der Waals surface area contributed by atoms with Crippen molar-refractivity contribution in [2.45, 2.75) is 68.8 Å². The topological polar surface area (TPSA) is 105 Å². The van der Waals surface area contributed by atoms with E-state index in [1.807, 2.05) is 18.3 Å². The molecular weight excluding hydrogens is 588 g/mol. The fourth-order valence-corrected chi connectivity index (χ4v) is 7.84. The van der Waals surface area contributed by atoms with Gasteiger partial charge in [0.1, 0.15) is 6.04 Å². The van der Waals surface area contributed by atoms with Crippen LogP contribution in [-0.2, 0) is 28.4 Å². The number of nitrogens with zero attached hydrogens (tertiary/aromatic N) is 5. The Morgan fingerprint density at radius 2 is 1.80 bits per heavy atom. The average molecular weight is 622 g/mol. The van der Waals surface area contributed by atoms with Gasteiger partial charge in [0.25, 0.3) is 5.56 Å². The summed E-state index contributed by atoms with van der Waals surface area (Å²) >= 11 is 0. The van der Waals surface area contributed by atoms with Gasteiger partial charge in [-0.2, -0.15) is 9.40 Å². The molecule has 0 unspecified atom stereocenters. The lowest BCUT2D eigenvalue weighted by Crippen LogP contribution is -2.59. The van der Waals surface area contributed by atoms with Gasteiger partial charge in [-0.3, -0.25) is 14.6 Å². The summed E-state index contributed by atoms with van der Waals surface area (Å²) in [6, 6.07) is 9.52. The van der Waals surface area contributed by atoms with Crippen molar-refractivity contribution in [3.05, 3.63) is 93.7 Å². The van der Waals surface area contributed by atoms with Crippen molar-refractivity contribution in [2.24, 2.45) is 7.05 Å². The third kappa shape index (κ3) is 5.52. The lowest BCUT2D eigenvalue weighted by Gasteiger charge is -2.41. The van der Waals surface area contributed by atoms with Gasteiger partial charge in [0.05, 0.1) is 28.7 Å². The van der Waals surface area contributed by atoms with E-state index in [4.69, 9.17) is 0 Å². The van der Waals surface area contributed by atoms with Crippen molar-refractivity contribution in [1.82, 2.24) is 19.1 Å². The highest BCUT2D eigenvalue weighted by Crippen LogP contribution is 2.34. The molecule has 230 valence electrons. The zero-order chi connectivity index (χ0) is 31.2. The molecule has 1 amide bonds. The van der Waals surface area contributed by atoms with Gasteiger partial charge in [0.2, 0.25) is 15.9 Å². The van der Waals surface area contributed by atoms with E-state index in [-0.39, 0.29) is 30.6 Å². The molecule has 2 aliphatic rings. The summed E-state index contributed by atoms with van der Waals surface area (Å²) in [4.78, 5) is 32.5. The molecule has 4 aromatic rings.